The molecule has 1 amide bonds. The molecule has 0 N–H and O–H groups in total. The lowest BCUT2D eigenvalue weighted by Crippen LogP contribution is -2.40. The number of aromatic nitrogens is 2. The van der Waals surface area contributed by atoms with Gasteiger partial charge in [-0.15, -0.1) is 0 Å². The monoisotopic (exact) mass is 432 g/mol. The number of likely N-dealkylation sites (N-methyl/N-ethyl adjacent to an activating group) is 1. The number of hydrogen-bond donors (Lipinski definition) is 0. The number of rotatable bonds is 6. The predicted octanol–water partition coefficient (Wildman–Crippen LogP) is 3.03. The number of nitrogens with zero attached hydrogens (tertiary/aromatic N) is 4. The second kappa shape index (κ2) is 9.04. The standard InChI is InChI=1S/C23H30F2N4O2/c1-15-9-26-29(10-15)21-7-17-12-28(11-16-4-5-19(24)20(25)6-16)13-18(17)8-22(21)31-14-23(30)27(2)3/h4-6,9-10,17-18,21-22H,7-8,11-14H2,1-3H3/t17-,18+,21-,22-/m0/s1. The van der Waals surface area contributed by atoms with E-state index in [2.05, 4.69) is 10.00 Å². The fraction of sp³-hybridized carbons (Fsp3) is 0.565. The Morgan fingerprint density at radius 3 is 2.58 bits per heavy atom. The summed E-state index contributed by atoms with van der Waals surface area (Å²) in [6.07, 6.45) is 5.55. The minimum absolute atomic E-state index is 0.0519. The van der Waals surface area contributed by atoms with Gasteiger partial charge in [-0.25, -0.2) is 8.78 Å². The van der Waals surface area contributed by atoms with E-state index >= 15 is 0 Å². The van der Waals surface area contributed by atoms with Crippen molar-refractivity contribution in [1.82, 2.24) is 19.6 Å². The van der Waals surface area contributed by atoms with Gasteiger partial charge in [-0.05, 0) is 54.9 Å². The molecule has 2 heterocycles. The third kappa shape index (κ3) is 4.96. The Kier molecular flexibility index (Phi) is 6.39. The van der Waals surface area contributed by atoms with Crippen LogP contribution in [0.4, 0.5) is 8.78 Å². The number of fused-ring (bicyclic) bond motifs is 1. The van der Waals surface area contributed by atoms with E-state index in [1.165, 1.54) is 17.0 Å². The zero-order valence-corrected chi connectivity index (χ0v) is 18.3. The van der Waals surface area contributed by atoms with Gasteiger partial charge in [0, 0.05) is 39.9 Å². The molecule has 1 aliphatic heterocycles. The third-order valence-corrected chi connectivity index (χ3v) is 6.54. The van der Waals surface area contributed by atoms with E-state index < -0.39 is 11.6 Å². The zero-order chi connectivity index (χ0) is 22.1. The van der Waals surface area contributed by atoms with Gasteiger partial charge in [0.05, 0.1) is 18.3 Å². The Hall–Kier alpha value is -2.32. The van der Waals surface area contributed by atoms with Crippen LogP contribution >= 0.6 is 0 Å². The first kappa shape index (κ1) is 21.9. The molecule has 2 fully saturated rings. The molecule has 6 nitrogen and oxygen atoms in total. The number of likely N-dealkylation sites (tertiary alicyclic amines) is 1. The molecule has 0 radical (unpaired) electrons. The zero-order valence-electron chi connectivity index (χ0n) is 18.3. The van der Waals surface area contributed by atoms with Crippen LogP contribution in [0, 0.1) is 30.4 Å². The van der Waals surface area contributed by atoms with Crippen LogP contribution in [0.5, 0.6) is 0 Å². The van der Waals surface area contributed by atoms with E-state index in [1.54, 1.807) is 20.2 Å². The summed E-state index contributed by atoms with van der Waals surface area (Å²) < 4.78 is 34.9. The van der Waals surface area contributed by atoms with E-state index in [9.17, 15) is 13.6 Å². The SMILES string of the molecule is Cc1cnn([C@H]2C[C@H]3CN(Cc4ccc(F)c(F)c4)C[C@H]3C[C@@H]2OCC(=O)N(C)C)c1. The van der Waals surface area contributed by atoms with Gasteiger partial charge >= 0.3 is 0 Å². The van der Waals surface area contributed by atoms with E-state index in [0.717, 1.165) is 37.1 Å². The van der Waals surface area contributed by atoms with Crippen molar-refractivity contribution < 1.29 is 18.3 Å². The molecule has 1 aromatic heterocycles. The summed E-state index contributed by atoms with van der Waals surface area (Å²) in [5.41, 5.74) is 1.87. The summed E-state index contributed by atoms with van der Waals surface area (Å²) in [6.45, 7) is 4.46. The molecular formula is C23H30F2N4O2. The number of aryl methyl sites for hydroxylation is 1. The molecule has 4 atom stereocenters. The van der Waals surface area contributed by atoms with Crippen molar-refractivity contribution >= 4 is 5.91 Å². The molecular weight excluding hydrogens is 402 g/mol. The summed E-state index contributed by atoms with van der Waals surface area (Å²) in [5.74, 6) is -0.753. The Morgan fingerprint density at radius 2 is 1.94 bits per heavy atom. The highest BCUT2D eigenvalue weighted by atomic mass is 19.2. The lowest BCUT2D eigenvalue weighted by Gasteiger charge is -2.38. The summed E-state index contributed by atoms with van der Waals surface area (Å²) in [6, 6.07) is 4.20. The van der Waals surface area contributed by atoms with Crippen LogP contribution in [0.3, 0.4) is 0 Å². The number of amides is 1. The van der Waals surface area contributed by atoms with Crippen molar-refractivity contribution in [2.75, 3.05) is 33.8 Å². The quantitative estimate of drug-likeness (QED) is 0.704. The van der Waals surface area contributed by atoms with Crippen LogP contribution in [0.1, 0.15) is 30.0 Å². The van der Waals surface area contributed by atoms with Crippen LogP contribution in [-0.4, -0.2) is 65.4 Å². The maximum absolute atomic E-state index is 13.6. The van der Waals surface area contributed by atoms with Crippen LogP contribution < -0.4 is 0 Å². The molecule has 1 aromatic carbocycles. The number of carbonyl (C=O) groups excluding carboxylic acids is 1. The number of halogens is 2. The first-order valence-electron chi connectivity index (χ1n) is 10.8. The molecule has 1 saturated carbocycles. The maximum Gasteiger partial charge on any atom is 0.248 e. The molecule has 4 rings (SSSR count). The van der Waals surface area contributed by atoms with Gasteiger partial charge in [-0.3, -0.25) is 14.4 Å². The van der Waals surface area contributed by atoms with Crippen LogP contribution in [0.2, 0.25) is 0 Å². The molecule has 0 unspecified atom stereocenters. The first-order valence-corrected chi connectivity index (χ1v) is 10.8. The molecule has 1 aliphatic carbocycles. The van der Waals surface area contributed by atoms with Crippen LogP contribution in [-0.2, 0) is 16.1 Å². The van der Waals surface area contributed by atoms with Gasteiger partial charge in [0.2, 0.25) is 5.91 Å². The van der Waals surface area contributed by atoms with E-state index in [-0.39, 0.29) is 24.7 Å². The van der Waals surface area contributed by atoms with Gasteiger partial charge < -0.3 is 9.64 Å². The highest BCUT2D eigenvalue weighted by Crippen LogP contribution is 2.42. The highest BCUT2D eigenvalue weighted by Gasteiger charge is 2.43. The van der Waals surface area contributed by atoms with Gasteiger partial charge in [0.25, 0.3) is 0 Å². The minimum atomic E-state index is -0.816. The van der Waals surface area contributed by atoms with Crippen molar-refractivity contribution in [1.29, 1.82) is 0 Å². The fourth-order valence-electron chi connectivity index (χ4n) is 4.89. The lowest BCUT2D eigenvalue weighted by atomic mass is 9.77. The van der Waals surface area contributed by atoms with Gasteiger partial charge in [0.1, 0.15) is 6.61 Å². The van der Waals surface area contributed by atoms with Gasteiger partial charge in [0.15, 0.2) is 11.6 Å². The summed E-state index contributed by atoms with van der Waals surface area (Å²) in [5, 5.41) is 4.52. The Bertz CT molecular complexity index is 932. The minimum Gasteiger partial charge on any atom is -0.366 e. The van der Waals surface area contributed by atoms with Crippen molar-refractivity contribution in [3.8, 4) is 0 Å². The third-order valence-electron chi connectivity index (χ3n) is 6.54. The maximum atomic E-state index is 13.6. The average molecular weight is 433 g/mol. The molecule has 168 valence electrons. The number of ether oxygens (including phenoxy) is 1. The number of carbonyl (C=O) groups is 1. The molecule has 8 heteroatoms. The van der Waals surface area contributed by atoms with Crippen molar-refractivity contribution in [2.24, 2.45) is 11.8 Å². The molecule has 31 heavy (non-hydrogen) atoms. The number of benzene rings is 1. The molecule has 0 spiro atoms. The normalized spacial score (nSPS) is 26.1. The molecule has 1 saturated heterocycles. The first-order chi connectivity index (χ1) is 14.8. The van der Waals surface area contributed by atoms with E-state index in [0.29, 0.717) is 18.4 Å². The fourth-order valence-corrected chi connectivity index (χ4v) is 4.89. The summed E-state index contributed by atoms with van der Waals surface area (Å²) in [4.78, 5) is 15.9. The predicted molar refractivity (Wildman–Crippen MR) is 112 cm³/mol. The van der Waals surface area contributed by atoms with Crippen molar-refractivity contribution in [2.45, 2.75) is 38.5 Å². The van der Waals surface area contributed by atoms with Crippen molar-refractivity contribution in [3.63, 3.8) is 0 Å². The second-order valence-electron chi connectivity index (χ2n) is 9.14. The van der Waals surface area contributed by atoms with Crippen LogP contribution in [0.25, 0.3) is 0 Å². The number of hydrogen-bond acceptors (Lipinski definition) is 4. The van der Waals surface area contributed by atoms with E-state index in [1.807, 2.05) is 24.0 Å². The largest absolute Gasteiger partial charge is 0.366 e. The average Bonchev–Trinajstić information content (AvgIpc) is 3.33. The topological polar surface area (TPSA) is 50.6 Å². The molecule has 0 bridgehead atoms. The molecule has 2 aromatic rings. The van der Waals surface area contributed by atoms with Crippen LogP contribution in [0.15, 0.2) is 30.6 Å². The van der Waals surface area contributed by atoms with Gasteiger partial charge in [-0.2, -0.15) is 5.10 Å². The van der Waals surface area contributed by atoms with E-state index in [4.69, 9.17) is 4.74 Å². The van der Waals surface area contributed by atoms with Gasteiger partial charge in [-0.1, -0.05) is 6.07 Å². The Labute approximate surface area is 181 Å². The second-order valence-corrected chi connectivity index (χ2v) is 9.14. The van der Waals surface area contributed by atoms with Crippen molar-refractivity contribution in [3.05, 3.63) is 53.4 Å². The summed E-state index contributed by atoms with van der Waals surface area (Å²) in [7, 11) is 3.45. The molecule has 2 aliphatic rings. The Morgan fingerprint density at radius 1 is 1.19 bits per heavy atom. The summed E-state index contributed by atoms with van der Waals surface area (Å²) >= 11 is 0. The Balaban J connectivity index is 1.46. The smallest absolute Gasteiger partial charge is 0.248 e. The highest BCUT2D eigenvalue weighted by molar-refractivity contribution is 5.76. The lowest BCUT2D eigenvalue weighted by molar-refractivity contribution is -0.138.